The lowest BCUT2D eigenvalue weighted by atomic mass is 10.3. The molecule has 0 radical (unpaired) electrons. The van der Waals surface area contributed by atoms with Crippen LogP contribution in [0.1, 0.15) is 6.42 Å². The number of thiophene rings is 1. The summed E-state index contributed by atoms with van der Waals surface area (Å²) in [6.07, 6.45) is 0.765. The number of thioether (sulfide) groups is 1. The lowest BCUT2D eigenvalue weighted by Gasteiger charge is -2.12. The third-order valence-corrected chi connectivity index (χ3v) is 5.41. The largest absolute Gasteiger partial charge is 0.385 e. The maximum atomic E-state index is 12.9. The zero-order chi connectivity index (χ0) is 18.4. The van der Waals surface area contributed by atoms with Gasteiger partial charge >= 0.3 is 0 Å². The maximum Gasteiger partial charge on any atom is 0.267 e. The number of nitrogens with one attached hydrogen (secondary N) is 1. The van der Waals surface area contributed by atoms with Crippen LogP contribution in [0, 0.1) is 0 Å². The number of rotatable bonds is 8. The van der Waals surface area contributed by atoms with Crippen molar-refractivity contribution in [3.63, 3.8) is 0 Å². The SMILES string of the molecule is COCCCNC(=O)CSc1nc2sccc2c(=O)n1-c1ccccc1. The van der Waals surface area contributed by atoms with E-state index in [1.54, 1.807) is 17.7 Å². The molecule has 0 fully saturated rings. The molecule has 8 heteroatoms. The van der Waals surface area contributed by atoms with E-state index in [1.165, 1.54) is 23.1 Å². The molecule has 2 aromatic heterocycles. The van der Waals surface area contributed by atoms with Crippen LogP contribution in [0.5, 0.6) is 0 Å². The average molecular weight is 390 g/mol. The van der Waals surface area contributed by atoms with Crippen molar-refractivity contribution in [3.05, 3.63) is 52.1 Å². The summed E-state index contributed by atoms with van der Waals surface area (Å²) in [4.78, 5) is 30.2. The standard InChI is InChI=1S/C18H19N3O3S2/c1-24-10-5-9-19-15(22)12-26-18-20-16-14(8-11-25-16)17(23)21(18)13-6-3-2-4-7-13/h2-4,6-8,11H,5,9-10,12H2,1H3,(H,19,22). The minimum Gasteiger partial charge on any atom is -0.385 e. The van der Waals surface area contributed by atoms with Crippen molar-refractivity contribution in [3.8, 4) is 5.69 Å². The number of ether oxygens (including phenoxy) is 1. The van der Waals surface area contributed by atoms with Crippen LogP contribution in [0.4, 0.5) is 0 Å². The van der Waals surface area contributed by atoms with E-state index in [0.29, 0.717) is 28.5 Å². The number of fused-ring (bicyclic) bond motifs is 1. The summed E-state index contributed by atoms with van der Waals surface area (Å²) >= 11 is 2.68. The molecule has 0 bridgehead atoms. The number of hydrogen-bond acceptors (Lipinski definition) is 6. The summed E-state index contributed by atoms with van der Waals surface area (Å²) in [7, 11) is 1.63. The second-order valence-corrected chi connectivity index (χ2v) is 7.33. The highest BCUT2D eigenvalue weighted by atomic mass is 32.2. The van der Waals surface area contributed by atoms with Gasteiger partial charge in [0.25, 0.3) is 5.56 Å². The molecule has 0 unspecified atom stereocenters. The molecule has 136 valence electrons. The highest BCUT2D eigenvalue weighted by Crippen LogP contribution is 2.23. The Hall–Kier alpha value is -2.16. The third-order valence-electron chi connectivity index (χ3n) is 3.66. The fourth-order valence-electron chi connectivity index (χ4n) is 2.42. The molecule has 26 heavy (non-hydrogen) atoms. The fourth-order valence-corrected chi connectivity index (χ4v) is 4.07. The van der Waals surface area contributed by atoms with E-state index in [2.05, 4.69) is 10.3 Å². The van der Waals surface area contributed by atoms with E-state index in [4.69, 9.17) is 4.74 Å². The quantitative estimate of drug-likeness (QED) is 0.364. The number of hydrogen-bond donors (Lipinski definition) is 1. The molecule has 0 aliphatic rings. The van der Waals surface area contributed by atoms with Gasteiger partial charge in [-0.25, -0.2) is 4.98 Å². The first-order chi connectivity index (χ1) is 12.7. The van der Waals surface area contributed by atoms with E-state index < -0.39 is 0 Å². The summed E-state index contributed by atoms with van der Waals surface area (Å²) in [5.41, 5.74) is 0.617. The van der Waals surface area contributed by atoms with Gasteiger partial charge in [-0.1, -0.05) is 30.0 Å². The monoisotopic (exact) mass is 389 g/mol. The Kier molecular flexibility index (Phi) is 6.43. The highest BCUT2D eigenvalue weighted by Gasteiger charge is 2.15. The van der Waals surface area contributed by atoms with Crippen LogP contribution in [-0.4, -0.2) is 41.5 Å². The molecule has 0 atom stereocenters. The lowest BCUT2D eigenvalue weighted by molar-refractivity contribution is -0.118. The fraction of sp³-hybridized carbons (Fsp3) is 0.278. The van der Waals surface area contributed by atoms with Crippen molar-refractivity contribution in [2.24, 2.45) is 0 Å². The zero-order valence-corrected chi connectivity index (χ0v) is 15.9. The van der Waals surface area contributed by atoms with E-state index in [-0.39, 0.29) is 17.2 Å². The smallest absolute Gasteiger partial charge is 0.267 e. The van der Waals surface area contributed by atoms with Gasteiger partial charge in [0.15, 0.2) is 5.16 Å². The van der Waals surface area contributed by atoms with Gasteiger partial charge in [-0.05, 0) is 30.0 Å². The molecule has 0 saturated carbocycles. The van der Waals surface area contributed by atoms with Gasteiger partial charge in [-0.2, -0.15) is 0 Å². The number of nitrogens with zero attached hydrogens (tertiary/aromatic N) is 2. The second-order valence-electron chi connectivity index (χ2n) is 5.49. The van der Waals surface area contributed by atoms with E-state index in [1.807, 2.05) is 35.7 Å². The molecule has 2 heterocycles. The Morgan fingerprint density at radius 3 is 2.88 bits per heavy atom. The molecular weight excluding hydrogens is 370 g/mol. The first-order valence-electron chi connectivity index (χ1n) is 8.15. The van der Waals surface area contributed by atoms with E-state index in [9.17, 15) is 9.59 Å². The zero-order valence-electron chi connectivity index (χ0n) is 14.3. The summed E-state index contributed by atoms with van der Waals surface area (Å²) in [6.45, 7) is 1.17. The topological polar surface area (TPSA) is 73.2 Å². The number of amides is 1. The predicted octanol–water partition coefficient (Wildman–Crippen LogP) is 2.69. The van der Waals surface area contributed by atoms with Crippen LogP contribution >= 0.6 is 23.1 Å². The molecule has 0 aliphatic heterocycles. The third kappa shape index (κ3) is 4.32. The molecule has 0 aliphatic carbocycles. The van der Waals surface area contributed by atoms with Gasteiger partial charge in [-0.3, -0.25) is 14.2 Å². The average Bonchev–Trinajstić information content (AvgIpc) is 3.13. The molecule has 1 amide bonds. The number of aromatic nitrogens is 2. The number of carbonyl (C=O) groups is 1. The predicted molar refractivity (Wildman–Crippen MR) is 105 cm³/mol. The summed E-state index contributed by atoms with van der Waals surface area (Å²) < 4.78 is 6.53. The Balaban J connectivity index is 1.83. The van der Waals surface area contributed by atoms with Gasteiger partial charge in [0.2, 0.25) is 5.91 Å². The number of carbonyl (C=O) groups excluding carboxylic acids is 1. The Labute approximate surface area is 159 Å². The van der Waals surface area contributed by atoms with Crippen molar-refractivity contribution in [2.75, 3.05) is 26.0 Å². The molecular formula is C18H19N3O3S2. The van der Waals surface area contributed by atoms with Gasteiger partial charge in [0.1, 0.15) is 4.83 Å². The van der Waals surface area contributed by atoms with Crippen LogP contribution in [0.3, 0.4) is 0 Å². The summed E-state index contributed by atoms with van der Waals surface area (Å²) in [6, 6.07) is 11.1. The minimum atomic E-state index is -0.120. The summed E-state index contributed by atoms with van der Waals surface area (Å²) in [5, 5.41) is 5.80. The van der Waals surface area contributed by atoms with Crippen molar-refractivity contribution >= 4 is 39.2 Å². The Bertz CT molecular complexity index is 938. The van der Waals surface area contributed by atoms with Gasteiger partial charge in [0, 0.05) is 20.3 Å². The van der Waals surface area contributed by atoms with Gasteiger partial charge in [0.05, 0.1) is 16.8 Å². The normalized spacial score (nSPS) is 11.0. The highest BCUT2D eigenvalue weighted by molar-refractivity contribution is 7.99. The van der Waals surface area contributed by atoms with Gasteiger partial charge in [-0.15, -0.1) is 11.3 Å². The van der Waals surface area contributed by atoms with Crippen LogP contribution in [0.2, 0.25) is 0 Å². The van der Waals surface area contributed by atoms with Crippen molar-refractivity contribution in [1.82, 2.24) is 14.9 Å². The minimum absolute atomic E-state index is 0.0914. The maximum absolute atomic E-state index is 12.9. The van der Waals surface area contributed by atoms with Crippen LogP contribution < -0.4 is 10.9 Å². The molecule has 3 aromatic rings. The van der Waals surface area contributed by atoms with Crippen molar-refractivity contribution in [2.45, 2.75) is 11.6 Å². The number of para-hydroxylation sites is 1. The van der Waals surface area contributed by atoms with E-state index >= 15 is 0 Å². The molecule has 1 N–H and O–H groups in total. The lowest BCUT2D eigenvalue weighted by Crippen LogP contribution is -2.27. The van der Waals surface area contributed by atoms with Crippen LogP contribution in [0.25, 0.3) is 15.9 Å². The molecule has 0 spiro atoms. The second kappa shape index (κ2) is 8.98. The Morgan fingerprint density at radius 2 is 2.12 bits per heavy atom. The van der Waals surface area contributed by atoms with Crippen molar-refractivity contribution < 1.29 is 9.53 Å². The van der Waals surface area contributed by atoms with Crippen LogP contribution in [-0.2, 0) is 9.53 Å². The first kappa shape index (κ1) is 18.6. The van der Waals surface area contributed by atoms with Crippen molar-refractivity contribution in [1.29, 1.82) is 0 Å². The first-order valence-corrected chi connectivity index (χ1v) is 10.0. The van der Waals surface area contributed by atoms with Gasteiger partial charge < -0.3 is 10.1 Å². The Morgan fingerprint density at radius 1 is 1.31 bits per heavy atom. The molecule has 1 aromatic carbocycles. The van der Waals surface area contributed by atoms with E-state index in [0.717, 1.165) is 12.1 Å². The molecule has 0 saturated heterocycles. The molecule has 6 nitrogen and oxygen atoms in total. The summed E-state index contributed by atoms with van der Waals surface area (Å²) in [5.74, 6) is 0.106. The number of benzene rings is 1. The van der Waals surface area contributed by atoms with Crippen LogP contribution in [0.15, 0.2) is 51.7 Å². The number of methoxy groups -OCH3 is 1. The molecule has 3 rings (SSSR count).